The zero-order chi connectivity index (χ0) is 25.4. The predicted octanol–water partition coefficient (Wildman–Crippen LogP) is 5.47. The van der Waals surface area contributed by atoms with E-state index in [9.17, 15) is 19.1 Å². The summed E-state index contributed by atoms with van der Waals surface area (Å²) in [5.41, 5.74) is 1.34. The summed E-state index contributed by atoms with van der Waals surface area (Å²) in [6, 6.07) is 16.4. The highest BCUT2D eigenvalue weighted by molar-refractivity contribution is 7.22. The summed E-state index contributed by atoms with van der Waals surface area (Å²) in [6.07, 6.45) is 0. The Labute approximate surface area is 210 Å². The van der Waals surface area contributed by atoms with E-state index in [-0.39, 0.29) is 11.1 Å². The number of aliphatic hydroxyl groups is 1. The molecule has 3 aromatic carbocycles. The third kappa shape index (κ3) is 4.07. The van der Waals surface area contributed by atoms with Gasteiger partial charge >= 0.3 is 5.91 Å². The van der Waals surface area contributed by atoms with Crippen molar-refractivity contribution in [1.82, 2.24) is 4.98 Å². The summed E-state index contributed by atoms with van der Waals surface area (Å²) in [4.78, 5) is 32.5. The number of hydrogen-bond acceptors (Lipinski definition) is 7. The number of benzene rings is 3. The van der Waals surface area contributed by atoms with Gasteiger partial charge in [0.1, 0.15) is 23.1 Å². The summed E-state index contributed by atoms with van der Waals surface area (Å²) in [5.74, 6) is -1.28. The molecule has 182 valence electrons. The number of methoxy groups -OCH3 is 1. The van der Waals surface area contributed by atoms with E-state index < -0.39 is 29.3 Å². The van der Waals surface area contributed by atoms with Crippen molar-refractivity contribution in [2.45, 2.75) is 13.0 Å². The number of halogens is 1. The van der Waals surface area contributed by atoms with Crippen molar-refractivity contribution in [3.05, 3.63) is 89.2 Å². The van der Waals surface area contributed by atoms with Crippen molar-refractivity contribution >= 4 is 44.1 Å². The molecular weight excluding hydrogens is 483 g/mol. The van der Waals surface area contributed by atoms with Gasteiger partial charge in [0.2, 0.25) is 0 Å². The Morgan fingerprint density at radius 2 is 1.75 bits per heavy atom. The van der Waals surface area contributed by atoms with Crippen LogP contribution >= 0.6 is 11.3 Å². The monoisotopic (exact) mass is 504 g/mol. The molecule has 1 unspecified atom stereocenters. The van der Waals surface area contributed by atoms with E-state index >= 15 is 0 Å². The fourth-order valence-corrected chi connectivity index (χ4v) is 5.17. The second-order valence-electron chi connectivity index (χ2n) is 8.01. The zero-order valence-electron chi connectivity index (χ0n) is 19.4. The Bertz CT molecular complexity index is 1500. The molecule has 2 heterocycles. The number of aliphatic hydroxyl groups excluding tert-OH is 1. The van der Waals surface area contributed by atoms with Crippen molar-refractivity contribution < 1.29 is 28.6 Å². The largest absolute Gasteiger partial charge is 0.507 e. The van der Waals surface area contributed by atoms with Crippen LogP contribution in [0.2, 0.25) is 0 Å². The minimum atomic E-state index is -0.951. The van der Waals surface area contributed by atoms with Crippen LogP contribution in [-0.4, -0.2) is 35.5 Å². The number of carbonyl (C=O) groups is 2. The van der Waals surface area contributed by atoms with Crippen LogP contribution in [0, 0.1) is 5.82 Å². The van der Waals surface area contributed by atoms with Gasteiger partial charge in [0, 0.05) is 5.56 Å². The molecule has 1 fully saturated rings. The summed E-state index contributed by atoms with van der Waals surface area (Å²) in [7, 11) is 1.53. The molecular formula is C27H21FN2O5S. The molecule has 1 saturated heterocycles. The van der Waals surface area contributed by atoms with Gasteiger partial charge in [-0.25, -0.2) is 9.37 Å². The Hall–Kier alpha value is -4.24. The van der Waals surface area contributed by atoms with Gasteiger partial charge in [-0.3, -0.25) is 14.5 Å². The molecule has 0 bridgehead atoms. The number of hydrogen-bond donors (Lipinski definition) is 1. The predicted molar refractivity (Wildman–Crippen MR) is 135 cm³/mol. The van der Waals surface area contributed by atoms with Gasteiger partial charge in [-0.15, -0.1) is 0 Å². The lowest BCUT2D eigenvalue weighted by atomic mass is 9.95. The zero-order valence-corrected chi connectivity index (χ0v) is 20.2. The highest BCUT2D eigenvalue weighted by Crippen LogP contribution is 2.44. The lowest BCUT2D eigenvalue weighted by molar-refractivity contribution is -0.132. The van der Waals surface area contributed by atoms with Gasteiger partial charge in [-0.05, 0) is 67.1 Å². The molecule has 9 heteroatoms. The smallest absolute Gasteiger partial charge is 0.301 e. The molecule has 1 aliphatic heterocycles. The molecule has 1 N–H and O–H groups in total. The third-order valence-electron chi connectivity index (χ3n) is 5.86. The molecule has 0 spiro atoms. The van der Waals surface area contributed by atoms with E-state index in [4.69, 9.17) is 9.47 Å². The molecule has 7 nitrogen and oxygen atoms in total. The first kappa shape index (κ1) is 23.5. The van der Waals surface area contributed by atoms with E-state index in [2.05, 4.69) is 4.98 Å². The van der Waals surface area contributed by atoms with Gasteiger partial charge in [0.05, 0.1) is 35.5 Å². The van der Waals surface area contributed by atoms with E-state index in [1.807, 2.05) is 13.0 Å². The van der Waals surface area contributed by atoms with Crippen LogP contribution in [0.3, 0.4) is 0 Å². The third-order valence-corrected chi connectivity index (χ3v) is 6.88. The number of fused-ring (bicyclic) bond motifs is 1. The summed E-state index contributed by atoms with van der Waals surface area (Å²) < 4.78 is 25.1. The minimum absolute atomic E-state index is 0.106. The number of aromatic nitrogens is 1. The maximum Gasteiger partial charge on any atom is 0.301 e. The van der Waals surface area contributed by atoms with Gasteiger partial charge < -0.3 is 14.6 Å². The molecule has 4 aromatic rings. The molecule has 36 heavy (non-hydrogen) atoms. The first-order valence-electron chi connectivity index (χ1n) is 11.2. The van der Waals surface area contributed by atoms with Crippen LogP contribution < -0.4 is 14.4 Å². The molecule has 1 atom stereocenters. The topological polar surface area (TPSA) is 89.0 Å². The van der Waals surface area contributed by atoms with Crippen LogP contribution in [0.5, 0.6) is 11.5 Å². The number of ether oxygens (including phenoxy) is 2. The van der Waals surface area contributed by atoms with Crippen molar-refractivity contribution in [2.75, 3.05) is 18.6 Å². The first-order valence-corrected chi connectivity index (χ1v) is 12.0. The Kier molecular flexibility index (Phi) is 6.15. The van der Waals surface area contributed by atoms with E-state index in [0.717, 1.165) is 4.70 Å². The first-order chi connectivity index (χ1) is 17.4. The average molecular weight is 505 g/mol. The standard InChI is InChI=1S/C27H21FN2O5S/c1-3-35-19-12-13-20-21(14-19)36-27(29-20)30-23(15-6-10-18(34-2)11-7-15)22(25(32)26(30)33)24(31)16-4-8-17(28)9-5-16/h4-14,23,31H,3H2,1-2H3/b24-22+. The Morgan fingerprint density at radius 3 is 2.42 bits per heavy atom. The molecule has 0 aliphatic carbocycles. The molecule has 1 amide bonds. The van der Waals surface area contributed by atoms with E-state index in [0.29, 0.717) is 34.3 Å². The van der Waals surface area contributed by atoms with E-state index in [1.54, 1.807) is 36.4 Å². The van der Waals surface area contributed by atoms with Crippen LogP contribution in [-0.2, 0) is 9.59 Å². The average Bonchev–Trinajstić information content (AvgIpc) is 3.42. The molecule has 0 saturated carbocycles. The number of ketones is 1. The van der Waals surface area contributed by atoms with Crippen molar-refractivity contribution in [1.29, 1.82) is 0 Å². The maximum atomic E-state index is 13.5. The number of Topliss-reactive ketones (excluding diaryl/α,β-unsaturated/α-hetero) is 1. The summed E-state index contributed by atoms with van der Waals surface area (Å²) in [5, 5.41) is 11.4. The lowest BCUT2D eigenvalue weighted by Gasteiger charge is -2.23. The van der Waals surface area contributed by atoms with Gasteiger partial charge in [-0.1, -0.05) is 23.5 Å². The second-order valence-corrected chi connectivity index (χ2v) is 9.02. The fraction of sp³-hybridized carbons (Fsp3) is 0.148. The van der Waals surface area contributed by atoms with Gasteiger partial charge in [0.15, 0.2) is 5.13 Å². The van der Waals surface area contributed by atoms with Crippen molar-refractivity contribution in [2.24, 2.45) is 0 Å². The SMILES string of the molecule is CCOc1ccc2nc(N3C(=O)C(=O)/C(=C(/O)c4ccc(F)cc4)C3c3ccc(OC)cc3)sc2c1. The van der Waals surface area contributed by atoms with E-state index in [1.165, 1.54) is 47.6 Å². The number of nitrogens with zero attached hydrogens (tertiary/aromatic N) is 2. The number of rotatable bonds is 6. The number of carbonyl (C=O) groups excluding carboxylic acids is 2. The molecule has 1 aromatic heterocycles. The Balaban J connectivity index is 1.68. The normalized spacial score (nSPS) is 17.1. The number of anilines is 1. The van der Waals surface area contributed by atoms with Crippen molar-refractivity contribution in [3.63, 3.8) is 0 Å². The van der Waals surface area contributed by atoms with Crippen LogP contribution in [0.4, 0.5) is 9.52 Å². The summed E-state index contributed by atoms with van der Waals surface area (Å²) in [6.45, 7) is 2.39. The molecule has 1 aliphatic rings. The van der Waals surface area contributed by atoms with Gasteiger partial charge in [-0.2, -0.15) is 0 Å². The van der Waals surface area contributed by atoms with Crippen LogP contribution in [0.1, 0.15) is 24.1 Å². The second kappa shape index (κ2) is 9.43. The molecule has 5 rings (SSSR count). The van der Waals surface area contributed by atoms with Crippen LogP contribution in [0.25, 0.3) is 16.0 Å². The minimum Gasteiger partial charge on any atom is -0.507 e. The van der Waals surface area contributed by atoms with Crippen LogP contribution in [0.15, 0.2) is 72.3 Å². The number of amides is 1. The maximum absolute atomic E-state index is 13.5. The highest BCUT2D eigenvalue weighted by Gasteiger charge is 2.48. The quantitative estimate of drug-likeness (QED) is 0.213. The Morgan fingerprint density at radius 1 is 1.06 bits per heavy atom. The summed E-state index contributed by atoms with van der Waals surface area (Å²) >= 11 is 1.24. The highest BCUT2D eigenvalue weighted by atomic mass is 32.1. The number of thiazole rings is 1. The van der Waals surface area contributed by atoms with Crippen molar-refractivity contribution in [3.8, 4) is 11.5 Å². The van der Waals surface area contributed by atoms with Gasteiger partial charge in [0.25, 0.3) is 5.78 Å². The molecule has 0 radical (unpaired) electrons. The lowest BCUT2D eigenvalue weighted by Crippen LogP contribution is -2.29. The fourth-order valence-electron chi connectivity index (χ4n) is 4.15.